The van der Waals surface area contributed by atoms with E-state index in [1.807, 2.05) is 6.92 Å². The van der Waals surface area contributed by atoms with Gasteiger partial charge in [-0.3, -0.25) is 0 Å². The maximum absolute atomic E-state index is 13.1. The van der Waals surface area contributed by atoms with Crippen LogP contribution in [-0.2, 0) is 4.74 Å². The van der Waals surface area contributed by atoms with E-state index >= 15 is 0 Å². The highest BCUT2D eigenvalue weighted by atomic mass is 19.1. The van der Waals surface area contributed by atoms with Crippen molar-refractivity contribution in [2.75, 3.05) is 0 Å². The van der Waals surface area contributed by atoms with Crippen LogP contribution in [0, 0.1) is 24.6 Å². The number of aryl methyl sites for hydroxylation is 1. The van der Waals surface area contributed by atoms with Gasteiger partial charge >= 0.3 is 0 Å². The summed E-state index contributed by atoms with van der Waals surface area (Å²) in [6.45, 7) is 8.25. The fourth-order valence-corrected chi connectivity index (χ4v) is 3.13. The van der Waals surface area contributed by atoms with E-state index in [-0.39, 0.29) is 30.0 Å². The number of hydrogen-bond donors (Lipinski definition) is 1. The predicted octanol–water partition coefficient (Wildman–Crippen LogP) is 3.19. The van der Waals surface area contributed by atoms with Gasteiger partial charge in [0, 0.05) is 12.0 Å². The van der Waals surface area contributed by atoms with E-state index in [1.165, 1.54) is 6.07 Å². The van der Waals surface area contributed by atoms with Crippen LogP contribution in [0.15, 0.2) is 18.2 Å². The molecule has 1 saturated heterocycles. The molecule has 2 nitrogen and oxygen atoms in total. The van der Waals surface area contributed by atoms with E-state index in [1.54, 1.807) is 12.1 Å². The van der Waals surface area contributed by atoms with Crippen LogP contribution in [-0.4, -0.2) is 12.2 Å². The average molecular weight is 251 g/mol. The molecule has 2 rings (SSSR count). The van der Waals surface area contributed by atoms with E-state index in [4.69, 9.17) is 10.5 Å². The Morgan fingerprint density at radius 3 is 2.39 bits per heavy atom. The van der Waals surface area contributed by atoms with Crippen molar-refractivity contribution in [3.8, 4) is 0 Å². The minimum atomic E-state index is -0.208. The summed E-state index contributed by atoms with van der Waals surface area (Å²) in [5.74, 6) is 0.490. The highest BCUT2D eigenvalue weighted by Gasteiger charge is 2.41. The fraction of sp³-hybridized carbons (Fsp3) is 0.600. The lowest BCUT2D eigenvalue weighted by Crippen LogP contribution is -2.31. The van der Waals surface area contributed by atoms with Crippen LogP contribution in [0.2, 0.25) is 0 Å². The SMILES string of the molecule is Cc1cc(F)ccc1C(N)C1C(C)OC(C)C1C. The normalized spacial score (nSPS) is 33.7. The van der Waals surface area contributed by atoms with Crippen LogP contribution in [0.3, 0.4) is 0 Å². The molecule has 3 heteroatoms. The van der Waals surface area contributed by atoms with Crippen molar-refractivity contribution in [2.45, 2.75) is 45.9 Å². The van der Waals surface area contributed by atoms with Crippen molar-refractivity contribution in [3.05, 3.63) is 35.1 Å². The molecule has 0 spiro atoms. The molecule has 2 N–H and O–H groups in total. The number of hydrogen-bond acceptors (Lipinski definition) is 2. The Morgan fingerprint density at radius 2 is 1.89 bits per heavy atom. The Hall–Kier alpha value is -0.930. The second kappa shape index (κ2) is 4.98. The minimum absolute atomic E-state index is 0.0967. The largest absolute Gasteiger partial charge is 0.375 e. The minimum Gasteiger partial charge on any atom is -0.375 e. The van der Waals surface area contributed by atoms with Crippen LogP contribution in [0.1, 0.15) is 37.9 Å². The molecule has 1 aromatic carbocycles. The van der Waals surface area contributed by atoms with Gasteiger partial charge in [0.1, 0.15) is 5.82 Å². The molecule has 0 radical (unpaired) electrons. The van der Waals surface area contributed by atoms with Gasteiger partial charge in [0.05, 0.1) is 12.2 Å². The van der Waals surface area contributed by atoms with Gasteiger partial charge in [0.25, 0.3) is 0 Å². The van der Waals surface area contributed by atoms with E-state index in [0.29, 0.717) is 5.92 Å². The molecule has 0 amide bonds. The molecule has 1 heterocycles. The first-order chi connectivity index (χ1) is 8.41. The van der Waals surface area contributed by atoms with Crippen molar-refractivity contribution >= 4 is 0 Å². The molecule has 1 fully saturated rings. The van der Waals surface area contributed by atoms with Crippen molar-refractivity contribution in [1.82, 2.24) is 0 Å². The highest BCUT2D eigenvalue weighted by Crippen LogP contribution is 2.40. The average Bonchev–Trinajstić information content (AvgIpc) is 2.52. The van der Waals surface area contributed by atoms with Crippen LogP contribution in [0.4, 0.5) is 4.39 Å². The lowest BCUT2D eigenvalue weighted by Gasteiger charge is -2.27. The zero-order chi connectivity index (χ0) is 13.4. The number of ether oxygens (including phenoxy) is 1. The third-order valence-electron chi connectivity index (χ3n) is 4.32. The topological polar surface area (TPSA) is 35.2 Å². The zero-order valence-corrected chi connectivity index (χ0v) is 11.5. The van der Waals surface area contributed by atoms with Crippen molar-refractivity contribution in [3.63, 3.8) is 0 Å². The molecule has 0 bridgehead atoms. The lowest BCUT2D eigenvalue weighted by atomic mass is 9.80. The highest BCUT2D eigenvalue weighted by molar-refractivity contribution is 5.30. The van der Waals surface area contributed by atoms with Crippen molar-refractivity contribution in [1.29, 1.82) is 0 Å². The molecule has 5 atom stereocenters. The second-order valence-corrected chi connectivity index (χ2v) is 5.51. The molecule has 18 heavy (non-hydrogen) atoms. The molecule has 0 saturated carbocycles. The standard InChI is InChI=1S/C15H22FNO/c1-8-7-12(16)5-6-13(8)15(17)14-9(2)10(3)18-11(14)4/h5-7,9-11,14-15H,17H2,1-4H3. The maximum atomic E-state index is 13.1. The van der Waals surface area contributed by atoms with Gasteiger partial charge in [-0.15, -0.1) is 0 Å². The first-order valence-corrected chi connectivity index (χ1v) is 6.59. The summed E-state index contributed by atoms with van der Waals surface area (Å²) in [6.07, 6.45) is 0.381. The molecule has 1 aliphatic rings. The quantitative estimate of drug-likeness (QED) is 0.876. The number of halogens is 1. The Bertz CT molecular complexity index is 435. The first kappa shape index (κ1) is 13.5. The molecule has 5 unspecified atom stereocenters. The molecule has 0 aliphatic carbocycles. The molecule has 1 aromatic rings. The summed E-state index contributed by atoms with van der Waals surface area (Å²) in [6, 6.07) is 4.73. The smallest absolute Gasteiger partial charge is 0.123 e. The van der Waals surface area contributed by atoms with E-state index < -0.39 is 0 Å². The van der Waals surface area contributed by atoms with Gasteiger partial charge in [-0.2, -0.15) is 0 Å². The summed E-state index contributed by atoms with van der Waals surface area (Å²) in [4.78, 5) is 0. The van der Waals surface area contributed by atoms with Gasteiger partial charge in [0.15, 0.2) is 0 Å². The second-order valence-electron chi connectivity index (χ2n) is 5.51. The number of rotatable bonds is 2. The van der Waals surface area contributed by atoms with E-state index in [0.717, 1.165) is 11.1 Å². The summed E-state index contributed by atoms with van der Waals surface area (Å²) in [5, 5.41) is 0. The zero-order valence-electron chi connectivity index (χ0n) is 11.5. The Kier molecular flexibility index (Phi) is 3.74. The third-order valence-corrected chi connectivity index (χ3v) is 4.32. The maximum Gasteiger partial charge on any atom is 0.123 e. The summed E-state index contributed by atoms with van der Waals surface area (Å²) < 4.78 is 19.0. The van der Waals surface area contributed by atoms with Crippen LogP contribution >= 0.6 is 0 Å². The predicted molar refractivity (Wildman–Crippen MR) is 70.7 cm³/mol. The molecule has 100 valence electrons. The molecule has 1 aliphatic heterocycles. The third kappa shape index (κ3) is 2.29. The summed E-state index contributed by atoms with van der Waals surface area (Å²) >= 11 is 0. The van der Waals surface area contributed by atoms with Crippen molar-refractivity contribution in [2.24, 2.45) is 17.6 Å². The number of nitrogens with two attached hydrogens (primary N) is 1. The van der Waals surface area contributed by atoms with Crippen LogP contribution < -0.4 is 5.73 Å². The summed E-state index contributed by atoms with van der Waals surface area (Å²) in [7, 11) is 0. The monoisotopic (exact) mass is 251 g/mol. The lowest BCUT2D eigenvalue weighted by molar-refractivity contribution is 0.0489. The van der Waals surface area contributed by atoms with Gasteiger partial charge < -0.3 is 10.5 Å². The Balaban J connectivity index is 2.28. The summed E-state index contributed by atoms with van der Waals surface area (Å²) in [5.41, 5.74) is 8.34. The van der Waals surface area contributed by atoms with E-state index in [9.17, 15) is 4.39 Å². The van der Waals surface area contributed by atoms with Crippen LogP contribution in [0.25, 0.3) is 0 Å². The fourth-order valence-electron chi connectivity index (χ4n) is 3.13. The van der Waals surface area contributed by atoms with Gasteiger partial charge in [0.2, 0.25) is 0 Å². The van der Waals surface area contributed by atoms with Gasteiger partial charge in [-0.05, 0) is 49.9 Å². The van der Waals surface area contributed by atoms with Crippen LogP contribution in [0.5, 0.6) is 0 Å². The first-order valence-electron chi connectivity index (χ1n) is 6.59. The number of benzene rings is 1. The molecule has 0 aromatic heterocycles. The Morgan fingerprint density at radius 1 is 1.22 bits per heavy atom. The molecular weight excluding hydrogens is 229 g/mol. The van der Waals surface area contributed by atoms with E-state index in [2.05, 4.69) is 20.8 Å². The molecular formula is C15H22FNO. The Labute approximate surface area is 108 Å². The van der Waals surface area contributed by atoms with Crippen molar-refractivity contribution < 1.29 is 9.13 Å². The van der Waals surface area contributed by atoms with Gasteiger partial charge in [-0.25, -0.2) is 4.39 Å². The van der Waals surface area contributed by atoms with Gasteiger partial charge in [-0.1, -0.05) is 13.0 Å².